The highest BCUT2D eigenvalue weighted by Gasteiger charge is 2.21. The Morgan fingerprint density at radius 3 is 2.67 bits per heavy atom. The van der Waals surface area contributed by atoms with Crippen LogP contribution in [0.15, 0.2) is 29.3 Å². The fourth-order valence-corrected chi connectivity index (χ4v) is 3.11. The lowest BCUT2D eigenvalue weighted by Gasteiger charge is -2.28. The van der Waals surface area contributed by atoms with Crippen molar-refractivity contribution in [3.8, 4) is 0 Å². The number of amides is 1. The number of guanidine groups is 1. The van der Waals surface area contributed by atoms with Crippen LogP contribution in [-0.2, 0) is 14.9 Å². The Labute approximate surface area is 179 Å². The molecular weight excluding hydrogens is 385 g/mol. The highest BCUT2D eigenvalue weighted by Crippen LogP contribution is 2.22. The highest BCUT2D eigenvalue weighted by molar-refractivity contribution is 5.84. The van der Waals surface area contributed by atoms with Gasteiger partial charge in [-0.3, -0.25) is 9.69 Å². The van der Waals surface area contributed by atoms with Crippen LogP contribution in [0.25, 0.3) is 0 Å². The molecule has 1 amide bonds. The summed E-state index contributed by atoms with van der Waals surface area (Å²) in [6.45, 7) is 10.0. The van der Waals surface area contributed by atoms with Crippen LogP contribution in [0.4, 0.5) is 4.39 Å². The third-order valence-corrected chi connectivity index (χ3v) is 5.22. The molecule has 1 aromatic rings. The predicted octanol–water partition coefficient (Wildman–Crippen LogP) is 1.45. The molecule has 1 saturated heterocycles. The zero-order chi connectivity index (χ0) is 22.0. The Morgan fingerprint density at radius 2 is 2.00 bits per heavy atom. The van der Waals surface area contributed by atoms with E-state index in [1.165, 1.54) is 11.0 Å². The van der Waals surface area contributed by atoms with Gasteiger partial charge in [-0.25, -0.2) is 9.38 Å². The minimum Gasteiger partial charge on any atom is -0.379 e. The van der Waals surface area contributed by atoms with Crippen molar-refractivity contribution < 1.29 is 13.9 Å². The van der Waals surface area contributed by atoms with Gasteiger partial charge in [0, 0.05) is 45.7 Å². The molecule has 0 radical (unpaired) electrons. The summed E-state index contributed by atoms with van der Waals surface area (Å²) in [6, 6.07) is 6.65. The summed E-state index contributed by atoms with van der Waals surface area (Å²) in [5, 5.41) is 6.65. The molecule has 0 spiro atoms. The Morgan fingerprint density at radius 1 is 1.27 bits per heavy atom. The molecule has 0 unspecified atom stereocenters. The molecule has 0 bridgehead atoms. The van der Waals surface area contributed by atoms with Crippen molar-refractivity contribution in [2.45, 2.75) is 25.7 Å². The molecule has 1 aromatic carbocycles. The van der Waals surface area contributed by atoms with Crippen molar-refractivity contribution >= 4 is 11.9 Å². The number of hydrogen-bond donors (Lipinski definition) is 2. The maximum absolute atomic E-state index is 13.6. The summed E-state index contributed by atoms with van der Waals surface area (Å²) in [5.41, 5.74) is 0.607. The first-order valence-corrected chi connectivity index (χ1v) is 10.6. The lowest BCUT2D eigenvalue weighted by atomic mass is 9.84. The molecule has 2 rings (SSSR count). The average Bonchev–Trinajstić information content (AvgIpc) is 2.73. The van der Waals surface area contributed by atoms with E-state index in [-0.39, 0.29) is 23.7 Å². The topological polar surface area (TPSA) is 69.2 Å². The number of carbonyl (C=O) groups excluding carboxylic acids is 1. The molecule has 7 nitrogen and oxygen atoms in total. The number of nitrogens with zero attached hydrogens (tertiary/aromatic N) is 3. The van der Waals surface area contributed by atoms with E-state index in [0.29, 0.717) is 12.5 Å². The molecule has 8 heteroatoms. The molecule has 0 saturated carbocycles. The maximum atomic E-state index is 13.6. The zero-order valence-electron chi connectivity index (χ0n) is 18.7. The molecule has 0 atom stereocenters. The summed E-state index contributed by atoms with van der Waals surface area (Å²) in [4.78, 5) is 20.3. The lowest BCUT2D eigenvalue weighted by molar-refractivity contribution is -0.127. The van der Waals surface area contributed by atoms with Crippen LogP contribution in [0.5, 0.6) is 0 Å². The van der Waals surface area contributed by atoms with Crippen molar-refractivity contribution in [2.24, 2.45) is 4.99 Å². The number of hydrogen-bond acceptors (Lipinski definition) is 4. The molecule has 1 aliphatic heterocycles. The molecule has 168 valence electrons. The lowest BCUT2D eigenvalue weighted by Crippen LogP contribution is -2.45. The fourth-order valence-electron chi connectivity index (χ4n) is 3.11. The molecule has 2 N–H and O–H groups in total. The molecule has 30 heavy (non-hydrogen) atoms. The molecule has 1 fully saturated rings. The van der Waals surface area contributed by atoms with Gasteiger partial charge in [0.2, 0.25) is 5.91 Å². The fraction of sp³-hybridized carbons (Fsp3) is 0.636. The van der Waals surface area contributed by atoms with E-state index in [1.54, 1.807) is 26.2 Å². The van der Waals surface area contributed by atoms with Gasteiger partial charge in [-0.15, -0.1) is 0 Å². The number of halogens is 1. The first kappa shape index (κ1) is 24.1. The SMILES string of the molecule is CN(C)C(=O)CN=C(NCCCN1CCOCC1)NCC(C)(C)c1cccc(F)c1. The van der Waals surface area contributed by atoms with Crippen LogP contribution in [0.3, 0.4) is 0 Å². The summed E-state index contributed by atoms with van der Waals surface area (Å²) in [6.07, 6.45) is 0.968. The number of carbonyl (C=O) groups is 1. The quantitative estimate of drug-likeness (QED) is 0.359. The molecule has 0 aliphatic carbocycles. The van der Waals surface area contributed by atoms with Gasteiger partial charge in [-0.1, -0.05) is 26.0 Å². The van der Waals surface area contributed by atoms with Crippen LogP contribution in [0.1, 0.15) is 25.8 Å². The van der Waals surface area contributed by atoms with Gasteiger partial charge >= 0.3 is 0 Å². The van der Waals surface area contributed by atoms with E-state index in [1.807, 2.05) is 6.07 Å². The summed E-state index contributed by atoms with van der Waals surface area (Å²) in [5.74, 6) is 0.290. The number of morpholine rings is 1. The van der Waals surface area contributed by atoms with E-state index < -0.39 is 0 Å². The van der Waals surface area contributed by atoms with E-state index in [2.05, 4.69) is 34.4 Å². The van der Waals surface area contributed by atoms with Gasteiger partial charge in [0.25, 0.3) is 0 Å². The Balaban J connectivity index is 1.91. The zero-order valence-corrected chi connectivity index (χ0v) is 18.7. The molecule has 1 aliphatic rings. The third kappa shape index (κ3) is 8.28. The molecular formula is C22H36FN5O2. The van der Waals surface area contributed by atoms with Gasteiger partial charge in [-0.05, 0) is 30.7 Å². The number of rotatable bonds is 9. The van der Waals surface area contributed by atoms with Gasteiger partial charge in [0.1, 0.15) is 12.4 Å². The second-order valence-corrected chi connectivity index (χ2v) is 8.44. The molecule has 1 heterocycles. The van der Waals surface area contributed by atoms with Crippen LogP contribution in [0, 0.1) is 5.82 Å². The monoisotopic (exact) mass is 421 g/mol. The number of likely N-dealkylation sites (N-methyl/N-ethyl adjacent to an activating group) is 1. The summed E-state index contributed by atoms with van der Waals surface area (Å²) >= 11 is 0. The second kappa shape index (κ2) is 11.9. The third-order valence-electron chi connectivity index (χ3n) is 5.22. The second-order valence-electron chi connectivity index (χ2n) is 8.44. The first-order chi connectivity index (χ1) is 14.3. The van der Waals surface area contributed by atoms with Crippen molar-refractivity contribution in [1.82, 2.24) is 20.4 Å². The number of nitrogens with one attached hydrogen (secondary N) is 2. The van der Waals surface area contributed by atoms with Crippen molar-refractivity contribution in [3.05, 3.63) is 35.6 Å². The molecule has 0 aromatic heterocycles. The summed E-state index contributed by atoms with van der Waals surface area (Å²) in [7, 11) is 3.43. The maximum Gasteiger partial charge on any atom is 0.243 e. The number of ether oxygens (including phenoxy) is 1. The van der Waals surface area contributed by atoms with E-state index in [4.69, 9.17) is 4.74 Å². The van der Waals surface area contributed by atoms with Crippen molar-refractivity contribution in [2.75, 3.05) is 66.6 Å². The number of aliphatic imine (C=N–C) groups is 1. The van der Waals surface area contributed by atoms with Crippen LogP contribution < -0.4 is 10.6 Å². The van der Waals surface area contributed by atoms with Crippen LogP contribution in [0.2, 0.25) is 0 Å². The van der Waals surface area contributed by atoms with E-state index in [9.17, 15) is 9.18 Å². The highest BCUT2D eigenvalue weighted by atomic mass is 19.1. The van der Waals surface area contributed by atoms with Crippen molar-refractivity contribution in [1.29, 1.82) is 0 Å². The van der Waals surface area contributed by atoms with Crippen molar-refractivity contribution in [3.63, 3.8) is 0 Å². The van der Waals surface area contributed by atoms with E-state index >= 15 is 0 Å². The van der Waals surface area contributed by atoms with Crippen LogP contribution >= 0.6 is 0 Å². The minimum atomic E-state index is -0.302. The van der Waals surface area contributed by atoms with Gasteiger partial charge < -0.3 is 20.3 Å². The largest absolute Gasteiger partial charge is 0.379 e. The Kier molecular flexibility index (Phi) is 9.52. The first-order valence-electron chi connectivity index (χ1n) is 10.6. The number of benzene rings is 1. The van der Waals surface area contributed by atoms with Gasteiger partial charge in [0.15, 0.2) is 5.96 Å². The van der Waals surface area contributed by atoms with Crippen LogP contribution in [-0.4, -0.2) is 88.2 Å². The standard InChI is InChI=1S/C22H36FN5O2/c1-22(2,18-7-5-8-19(23)15-18)17-26-21(25-16-20(29)27(3)4)24-9-6-10-28-11-13-30-14-12-28/h5,7-8,15H,6,9-14,16-17H2,1-4H3,(H2,24,25,26). The Bertz CT molecular complexity index is 703. The van der Waals surface area contributed by atoms with Gasteiger partial charge in [0.05, 0.1) is 13.2 Å². The van der Waals surface area contributed by atoms with Gasteiger partial charge in [-0.2, -0.15) is 0 Å². The summed E-state index contributed by atoms with van der Waals surface area (Å²) < 4.78 is 19.0. The predicted molar refractivity (Wildman–Crippen MR) is 118 cm³/mol. The van der Waals surface area contributed by atoms with E-state index in [0.717, 1.165) is 51.4 Å². The Hall–Kier alpha value is -2.19. The minimum absolute atomic E-state index is 0.0613. The normalized spacial score (nSPS) is 15.7. The average molecular weight is 422 g/mol. The smallest absolute Gasteiger partial charge is 0.243 e.